The molecule has 32 heavy (non-hydrogen) atoms. The summed E-state index contributed by atoms with van der Waals surface area (Å²) < 4.78 is 3.65. The van der Waals surface area contributed by atoms with Crippen LogP contribution in [0.4, 0.5) is 5.69 Å². The molecule has 0 amide bonds. The van der Waals surface area contributed by atoms with Crippen molar-refractivity contribution in [1.29, 1.82) is 5.26 Å². The van der Waals surface area contributed by atoms with Gasteiger partial charge in [-0.3, -0.25) is 9.48 Å². The smallest absolute Gasteiger partial charge is 0.209 e. The van der Waals surface area contributed by atoms with E-state index < -0.39 is 0 Å². The Bertz CT molecular complexity index is 1330. The molecule has 1 fully saturated rings. The van der Waals surface area contributed by atoms with E-state index in [2.05, 4.69) is 16.1 Å². The predicted molar refractivity (Wildman–Crippen MR) is 123 cm³/mol. The lowest BCUT2D eigenvalue weighted by atomic mass is 10.0. The van der Waals surface area contributed by atoms with Crippen molar-refractivity contribution in [2.75, 3.05) is 18.0 Å². The van der Waals surface area contributed by atoms with Gasteiger partial charge < -0.3 is 4.90 Å². The lowest BCUT2D eigenvalue weighted by Gasteiger charge is -2.34. The Morgan fingerprint density at radius 2 is 1.69 bits per heavy atom. The molecule has 0 spiro atoms. The highest BCUT2D eigenvalue weighted by Crippen LogP contribution is 2.28. The molecule has 0 N–H and O–H groups in total. The van der Waals surface area contributed by atoms with Crippen LogP contribution in [0.3, 0.4) is 0 Å². The van der Waals surface area contributed by atoms with E-state index >= 15 is 0 Å². The Balaban J connectivity index is 1.40. The molecule has 1 saturated heterocycles. The average molecular weight is 422 g/mol. The van der Waals surface area contributed by atoms with Crippen molar-refractivity contribution in [1.82, 2.24) is 19.6 Å². The van der Waals surface area contributed by atoms with E-state index in [0.717, 1.165) is 37.3 Å². The maximum Gasteiger partial charge on any atom is 0.209 e. The highest BCUT2D eigenvalue weighted by molar-refractivity contribution is 5.59. The number of hydrogen-bond donors (Lipinski definition) is 0. The quantitative estimate of drug-likeness (QED) is 0.500. The van der Waals surface area contributed by atoms with Gasteiger partial charge >= 0.3 is 0 Å². The lowest BCUT2D eigenvalue weighted by molar-refractivity contribution is 0.362. The second-order valence-electron chi connectivity index (χ2n) is 7.82. The molecule has 0 radical (unpaired) electrons. The maximum atomic E-state index is 12.7. The van der Waals surface area contributed by atoms with Crippen molar-refractivity contribution < 1.29 is 0 Å². The molecule has 3 heterocycles. The molecule has 1 aliphatic rings. The minimum Gasteiger partial charge on any atom is -0.370 e. The molecule has 0 atom stereocenters. The molecule has 7 heteroatoms. The van der Waals surface area contributed by atoms with Crippen molar-refractivity contribution in [3.8, 4) is 23.1 Å². The Hall–Kier alpha value is -4.18. The summed E-state index contributed by atoms with van der Waals surface area (Å²) in [7, 11) is 0. The molecular formula is C25H22N6O. The van der Waals surface area contributed by atoms with Crippen LogP contribution >= 0.6 is 0 Å². The van der Waals surface area contributed by atoms with Crippen molar-refractivity contribution in [2.45, 2.75) is 18.9 Å². The first-order valence-corrected chi connectivity index (χ1v) is 10.7. The first-order chi connectivity index (χ1) is 15.7. The molecule has 1 aliphatic heterocycles. The van der Waals surface area contributed by atoms with Crippen molar-refractivity contribution in [3.05, 3.63) is 94.9 Å². The monoisotopic (exact) mass is 422 g/mol. The highest BCUT2D eigenvalue weighted by atomic mass is 16.1. The van der Waals surface area contributed by atoms with Gasteiger partial charge in [0.1, 0.15) is 6.07 Å². The SMILES string of the molecule is N#Cc1ccccc1N1CCC(n2ccc(=O)c(-c3ccnn3-c3ccccc3)n2)CC1. The minimum absolute atomic E-state index is 0.126. The summed E-state index contributed by atoms with van der Waals surface area (Å²) in [6, 6.07) is 23.3. The van der Waals surface area contributed by atoms with Gasteiger partial charge in [-0.2, -0.15) is 15.5 Å². The third kappa shape index (κ3) is 3.67. The fourth-order valence-electron chi connectivity index (χ4n) is 4.27. The summed E-state index contributed by atoms with van der Waals surface area (Å²) in [6.45, 7) is 1.66. The van der Waals surface area contributed by atoms with Gasteiger partial charge in [0.15, 0.2) is 5.69 Å². The number of nitrogens with zero attached hydrogens (tertiary/aromatic N) is 6. The van der Waals surface area contributed by atoms with Gasteiger partial charge in [-0.05, 0) is 43.2 Å². The second kappa shape index (κ2) is 8.52. The van der Waals surface area contributed by atoms with Gasteiger partial charge in [0.05, 0.1) is 34.9 Å². The molecule has 2 aromatic carbocycles. The van der Waals surface area contributed by atoms with Crippen LogP contribution in [0.25, 0.3) is 17.1 Å². The molecule has 2 aromatic heterocycles. The number of rotatable bonds is 4. The zero-order valence-corrected chi connectivity index (χ0v) is 17.5. The summed E-state index contributed by atoms with van der Waals surface area (Å²) >= 11 is 0. The Morgan fingerprint density at radius 3 is 2.47 bits per heavy atom. The number of para-hydroxylation sites is 2. The van der Waals surface area contributed by atoms with Crippen LogP contribution in [-0.2, 0) is 0 Å². The number of nitriles is 1. The molecule has 0 saturated carbocycles. The van der Waals surface area contributed by atoms with E-state index in [1.54, 1.807) is 23.1 Å². The molecule has 7 nitrogen and oxygen atoms in total. The summed E-state index contributed by atoms with van der Waals surface area (Å²) in [5, 5.41) is 18.5. The molecule has 5 rings (SSSR count). The van der Waals surface area contributed by atoms with Crippen LogP contribution < -0.4 is 10.3 Å². The number of benzene rings is 2. The van der Waals surface area contributed by atoms with Crippen molar-refractivity contribution >= 4 is 5.69 Å². The van der Waals surface area contributed by atoms with Gasteiger partial charge in [-0.15, -0.1) is 0 Å². The normalized spacial score (nSPS) is 14.3. The topological polar surface area (TPSA) is 79.7 Å². The predicted octanol–water partition coefficient (Wildman–Crippen LogP) is 3.81. The van der Waals surface area contributed by atoms with Gasteiger partial charge in [-0.25, -0.2) is 4.68 Å². The van der Waals surface area contributed by atoms with E-state index in [9.17, 15) is 10.1 Å². The minimum atomic E-state index is -0.126. The maximum absolute atomic E-state index is 12.7. The van der Waals surface area contributed by atoms with Crippen LogP contribution in [0.1, 0.15) is 24.4 Å². The Morgan fingerprint density at radius 1 is 0.938 bits per heavy atom. The Labute approximate surface area is 185 Å². The largest absolute Gasteiger partial charge is 0.370 e. The van der Waals surface area contributed by atoms with Crippen LogP contribution in [0.2, 0.25) is 0 Å². The number of hydrogen-bond acceptors (Lipinski definition) is 5. The first kappa shape index (κ1) is 19.8. The first-order valence-electron chi connectivity index (χ1n) is 10.7. The van der Waals surface area contributed by atoms with Crippen LogP contribution in [0.15, 0.2) is 83.9 Å². The zero-order valence-electron chi connectivity index (χ0n) is 17.5. The second-order valence-corrected chi connectivity index (χ2v) is 7.82. The highest BCUT2D eigenvalue weighted by Gasteiger charge is 2.23. The molecular weight excluding hydrogens is 400 g/mol. The molecule has 158 valence electrons. The number of anilines is 1. The zero-order chi connectivity index (χ0) is 21.9. The molecule has 0 bridgehead atoms. The summed E-state index contributed by atoms with van der Waals surface area (Å²) in [6.07, 6.45) is 5.23. The fourth-order valence-corrected chi connectivity index (χ4v) is 4.27. The van der Waals surface area contributed by atoms with E-state index in [-0.39, 0.29) is 11.5 Å². The molecule has 0 unspecified atom stereocenters. The standard InChI is InChI=1S/C25H22N6O/c26-18-19-6-4-5-9-22(19)29-15-11-20(12-16-29)30-17-13-24(32)25(28-30)23-10-14-27-31(23)21-7-2-1-3-8-21/h1-10,13-14,17,20H,11-12,15-16H2. The van der Waals surface area contributed by atoms with Gasteiger partial charge in [0.25, 0.3) is 0 Å². The average Bonchev–Trinajstić information content (AvgIpc) is 3.35. The van der Waals surface area contributed by atoms with Crippen molar-refractivity contribution in [2.24, 2.45) is 0 Å². The van der Waals surface area contributed by atoms with Crippen molar-refractivity contribution in [3.63, 3.8) is 0 Å². The third-order valence-electron chi connectivity index (χ3n) is 5.92. The van der Waals surface area contributed by atoms with E-state index in [1.165, 1.54) is 0 Å². The molecule has 4 aromatic rings. The third-order valence-corrected chi connectivity index (χ3v) is 5.92. The van der Waals surface area contributed by atoms with Crippen LogP contribution in [0.5, 0.6) is 0 Å². The molecule has 0 aliphatic carbocycles. The van der Waals surface area contributed by atoms with Gasteiger partial charge in [0.2, 0.25) is 5.43 Å². The number of aromatic nitrogens is 4. The van der Waals surface area contributed by atoms with E-state index in [4.69, 9.17) is 5.10 Å². The number of piperidine rings is 1. The summed E-state index contributed by atoms with van der Waals surface area (Å²) in [4.78, 5) is 14.9. The lowest BCUT2D eigenvalue weighted by Crippen LogP contribution is -2.36. The van der Waals surface area contributed by atoms with E-state index in [1.807, 2.05) is 65.3 Å². The summed E-state index contributed by atoms with van der Waals surface area (Å²) in [5.41, 5.74) is 3.51. The van der Waals surface area contributed by atoms with Crippen LogP contribution in [-0.4, -0.2) is 32.7 Å². The van der Waals surface area contributed by atoms with E-state index in [0.29, 0.717) is 17.0 Å². The fraction of sp³-hybridized carbons (Fsp3) is 0.200. The van der Waals surface area contributed by atoms with Crippen LogP contribution in [0, 0.1) is 11.3 Å². The van der Waals surface area contributed by atoms with Gasteiger partial charge in [0, 0.05) is 25.4 Å². The Kier molecular flexibility index (Phi) is 5.26. The van der Waals surface area contributed by atoms with Gasteiger partial charge in [-0.1, -0.05) is 30.3 Å². The summed E-state index contributed by atoms with van der Waals surface area (Å²) in [5.74, 6) is 0.